The van der Waals surface area contributed by atoms with E-state index in [9.17, 15) is 25.2 Å². The van der Waals surface area contributed by atoms with E-state index in [0.29, 0.717) is 12.8 Å². The number of carbonyl (C=O) groups is 1. The van der Waals surface area contributed by atoms with Gasteiger partial charge in [-0.25, -0.2) is 0 Å². The lowest BCUT2D eigenvalue weighted by molar-refractivity contribution is -0.132. The second kappa shape index (κ2) is 27.9. The number of rotatable bonds is 29. The molecule has 0 heterocycles. The fraction of sp³-hybridized carbons (Fsp3) is 0.969. The van der Waals surface area contributed by atoms with Gasteiger partial charge in [-0.05, 0) is 12.8 Å². The zero-order chi connectivity index (χ0) is 28.3. The van der Waals surface area contributed by atoms with Gasteiger partial charge in [0.1, 0.15) is 12.2 Å². The molecule has 0 fully saturated rings. The Bertz CT molecular complexity index is 504. The monoisotopic (exact) mass is 543 g/mol. The Balaban J connectivity index is 3.61. The first-order valence-corrected chi connectivity index (χ1v) is 16.4. The van der Waals surface area contributed by atoms with Crippen LogP contribution in [0.1, 0.15) is 168 Å². The number of aliphatic hydroxyl groups excluding tert-OH is 4. The molecule has 0 aromatic carbocycles. The van der Waals surface area contributed by atoms with Crippen molar-refractivity contribution in [2.24, 2.45) is 0 Å². The summed E-state index contributed by atoms with van der Waals surface area (Å²) in [6.45, 7) is 3.85. The summed E-state index contributed by atoms with van der Waals surface area (Å²) in [5.41, 5.74) is 0. The van der Waals surface area contributed by atoms with Crippen LogP contribution in [0.4, 0.5) is 0 Å². The molecule has 4 atom stereocenters. The first-order chi connectivity index (χ1) is 18.5. The average molecular weight is 544 g/mol. The van der Waals surface area contributed by atoms with Crippen molar-refractivity contribution in [1.29, 1.82) is 0 Å². The van der Waals surface area contributed by atoms with Crippen LogP contribution in [0.5, 0.6) is 0 Å². The molecular weight excluding hydrogens is 478 g/mol. The molecule has 0 radical (unpaired) electrons. The molecule has 0 aliphatic heterocycles. The highest BCUT2D eigenvalue weighted by Crippen LogP contribution is 2.15. The van der Waals surface area contributed by atoms with Crippen molar-refractivity contribution in [2.45, 2.75) is 192 Å². The molecule has 38 heavy (non-hydrogen) atoms. The quantitative estimate of drug-likeness (QED) is 0.0656. The number of aliphatic hydroxyl groups is 4. The van der Waals surface area contributed by atoms with Crippen LogP contribution in [0.15, 0.2) is 0 Å². The Morgan fingerprint density at radius 2 is 0.895 bits per heavy atom. The largest absolute Gasteiger partial charge is 0.394 e. The van der Waals surface area contributed by atoms with E-state index in [-0.39, 0.29) is 0 Å². The van der Waals surface area contributed by atoms with Gasteiger partial charge in [-0.15, -0.1) is 0 Å². The minimum Gasteiger partial charge on any atom is -0.394 e. The molecule has 0 aromatic heterocycles. The standard InChI is InChI=1S/C32H65NO5/c1-3-5-7-8-9-10-11-12-13-14-15-16-17-18-19-20-21-22-24-26-30(36)32(38)33-28(27-34)31(37)29(35)25-23-6-4-2/h28-31,34-37H,3-27H2,1-2H3,(H,33,38). The van der Waals surface area contributed by atoms with E-state index in [4.69, 9.17) is 0 Å². The normalized spacial score (nSPS) is 14.8. The Morgan fingerprint density at radius 3 is 1.29 bits per heavy atom. The molecule has 6 heteroatoms. The summed E-state index contributed by atoms with van der Waals surface area (Å²) >= 11 is 0. The van der Waals surface area contributed by atoms with Gasteiger partial charge >= 0.3 is 0 Å². The first kappa shape index (κ1) is 37.3. The fourth-order valence-corrected chi connectivity index (χ4v) is 5.11. The van der Waals surface area contributed by atoms with Gasteiger partial charge in [-0.2, -0.15) is 0 Å². The van der Waals surface area contributed by atoms with Crippen molar-refractivity contribution in [2.75, 3.05) is 6.61 Å². The summed E-state index contributed by atoms with van der Waals surface area (Å²) in [5, 5.41) is 42.5. The molecule has 0 spiro atoms. The molecule has 0 aromatic rings. The van der Waals surface area contributed by atoms with Crippen molar-refractivity contribution in [3.8, 4) is 0 Å². The molecule has 0 saturated heterocycles. The predicted octanol–water partition coefficient (Wildman–Crippen LogP) is 6.95. The van der Waals surface area contributed by atoms with E-state index < -0.39 is 36.9 Å². The summed E-state index contributed by atoms with van der Waals surface area (Å²) in [4.78, 5) is 12.3. The third-order valence-electron chi connectivity index (χ3n) is 7.82. The van der Waals surface area contributed by atoms with Crippen LogP contribution in [0.2, 0.25) is 0 Å². The van der Waals surface area contributed by atoms with Gasteiger partial charge in [-0.3, -0.25) is 4.79 Å². The summed E-state index contributed by atoms with van der Waals surface area (Å²) < 4.78 is 0. The topological polar surface area (TPSA) is 110 Å². The number of amides is 1. The molecule has 0 aliphatic rings. The average Bonchev–Trinajstić information content (AvgIpc) is 2.92. The van der Waals surface area contributed by atoms with Crippen LogP contribution < -0.4 is 5.32 Å². The smallest absolute Gasteiger partial charge is 0.249 e. The van der Waals surface area contributed by atoms with Gasteiger partial charge in [0.2, 0.25) is 5.91 Å². The summed E-state index contributed by atoms with van der Waals surface area (Å²) in [6, 6.07) is -0.973. The number of hydrogen-bond donors (Lipinski definition) is 5. The van der Waals surface area contributed by atoms with E-state index in [0.717, 1.165) is 38.5 Å². The lowest BCUT2D eigenvalue weighted by Gasteiger charge is -2.27. The van der Waals surface area contributed by atoms with E-state index >= 15 is 0 Å². The van der Waals surface area contributed by atoms with Crippen molar-refractivity contribution in [1.82, 2.24) is 5.32 Å². The Morgan fingerprint density at radius 1 is 0.553 bits per heavy atom. The van der Waals surface area contributed by atoms with Gasteiger partial charge in [0.05, 0.1) is 18.8 Å². The maximum absolute atomic E-state index is 12.3. The van der Waals surface area contributed by atoms with Crippen molar-refractivity contribution < 1.29 is 25.2 Å². The second-order valence-corrected chi connectivity index (χ2v) is 11.5. The fourth-order valence-electron chi connectivity index (χ4n) is 5.11. The van der Waals surface area contributed by atoms with Crippen LogP contribution in [-0.2, 0) is 4.79 Å². The van der Waals surface area contributed by atoms with Gasteiger partial charge in [-0.1, -0.05) is 155 Å². The molecule has 0 saturated carbocycles. The number of carbonyl (C=O) groups excluding carboxylic acids is 1. The molecule has 1 amide bonds. The lowest BCUT2D eigenvalue weighted by Crippen LogP contribution is -2.53. The van der Waals surface area contributed by atoms with Crippen LogP contribution in [0.25, 0.3) is 0 Å². The molecule has 5 N–H and O–H groups in total. The van der Waals surface area contributed by atoms with E-state index in [2.05, 4.69) is 19.2 Å². The number of nitrogens with one attached hydrogen (secondary N) is 1. The number of hydrogen-bond acceptors (Lipinski definition) is 5. The van der Waals surface area contributed by atoms with Crippen LogP contribution in [0, 0.1) is 0 Å². The maximum Gasteiger partial charge on any atom is 0.249 e. The minimum absolute atomic E-state index is 0.373. The zero-order valence-electron chi connectivity index (χ0n) is 25.2. The molecule has 0 aliphatic carbocycles. The molecular formula is C32H65NO5. The van der Waals surface area contributed by atoms with Crippen molar-refractivity contribution in [3.63, 3.8) is 0 Å². The highest BCUT2D eigenvalue weighted by Gasteiger charge is 2.28. The summed E-state index contributed by atoms with van der Waals surface area (Å²) in [5.74, 6) is -0.591. The third kappa shape index (κ3) is 22.2. The van der Waals surface area contributed by atoms with Crippen LogP contribution in [-0.4, -0.2) is 57.3 Å². The SMILES string of the molecule is CCCCCCCCCCCCCCCCCCCCCC(O)C(=O)NC(CO)C(O)C(O)CCCCC. The van der Waals surface area contributed by atoms with Gasteiger partial charge in [0.25, 0.3) is 0 Å². The summed E-state index contributed by atoms with van der Waals surface area (Å²) in [7, 11) is 0. The van der Waals surface area contributed by atoms with E-state index in [1.165, 1.54) is 103 Å². The summed E-state index contributed by atoms with van der Waals surface area (Å²) in [6.07, 6.45) is 24.9. The third-order valence-corrected chi connectivity index (χ3v) is 7.82. The molecule has 228 valence electrons. The lowest BCUT2D eigenvalue weighted by atomic mass is 10.00. The number of unbranched alkanes of at least 4 members (excludes halogenated alkanes) is 20. The van der Waals surface area contributed by atoms with Crippen molar-refractivity contribution >= 4 is 5.91 Å². The van der Waals surface area contributed by atoms with Gasteiger partial charge < -0.3 is 25.7 Å². The highest BCUT2D eigenvalue weighted by molar-refractivity contribution is 5.80. The minimum atomic E-state index is -1.25. The second-order valence-electron chi connectivity index (χ2n) is 11.5. The van der Waals surface area contributed by atoms with Crippen LogP contribution >= 0.6 is 0 Å². The predicted molar refractivity (Wildman–Crippen MR) is 159 cm³/mol. The van der Waals surface area contributed by atoms with Crippen LogP contribution in [0.3, 0.4) is 0 Å². The maximum atomic E-state index is 12.3. The van der Waals surface area contributed by atoms with E-state index in [1.54, 1.807) is 0 Å². The van der Waals surface area contributed by atoms with Crippen molar-refractivity contribution in [3.05, 3.63) is 0 Å². The van der Waals surface area contributed by atoms with Gasteiger partial charge in [0.15, 0.2) is 0 Å². The first-order valence-electron chi connectivity index (χ1n) is 16.4. The molecule has 0 bridgehead atoms. The Kier molecular flexibility index (Phi) is 27.4. The molecule has 4 unspecified atom stereocenters. The zero-order valence-corrected chi connectivity index (χ0v) is 25.2. The van der Waals surface area contributed by atoms with Gasteiger partial charge in [0, 0.05) is 0 Å². The Labute approximate surface area is 235 Å². The molecule has 6 nitrogen and oxygen atoms in total. The van der Waals surface area contributed by atoms with E-state index in [1.807, 2.05) is 0 Å². The highest BCUT2D eigenvalue weighted by atomic mass is 16.3. The Hall–Kier alpha value is -0.690. The molecule has 0 rings (SSSR count).